The molecule has 3 heterocycles. The molecule has 0 radical (unpaired) electrons. The fraction of sp³-hybridized carbons (Fsp3) is 0.172. The summed E-state index contributed by atoms with van der Waals surface area (Å²) < 4.78 is 20.2. The van der Waals surface area contributed by atoms with Crippen LogP contribution in [-0.2, 0) is 20.9 Å². The average molecular weight is 610 g/mol. The standard InChI is InChI=1S/C29H21ClFN3O5S2/c1-39-20-5-3-2-4-19(20)22-23-24(27(37)34(26(23)36)18-12-6-15(30)7-13-18)40-28-25(22)41-29(38)33(28)14-21(35)32-17-10-8-16(31)9-11-17/h2-13,22-24H,14H2,1H3,(H,32,35). The van der Waals surface area contributed by atoms with Crippen LogP contribution in [0.2, 0.25) is 5.02 Å². The fourth-order valence-electron chi connectivity index (χ4n) is 5.24. The molecule has 4 aromatic rings. The predicted octanol–water partition coefficient (Wildman–Crippen LogP) is 5.15. The minimum Gasteiger partial charge on any atom is -0.496 e. The molecule has 1 N–H and O–H groups in total. The smallest absolute Gasteiger partial charge is 0.308 e. The predicted molar refractivity (Wildman–Crippen MR) is 156 cm³/mol. The summed E-state index contributed by atoms with van der Waals surface area (Å²) in [5.74, 6) is -2.71. The number of para-hydroxylation sites is 1. The van der Waals surface area contributed by atoms with E-state index in [-0.39, 0.29) is 6.54 Å². The van der Waals surface area contributed by atoms with Gasteiger partial charge in [-0.1, -0.05) is 52.9 Å². The molecule has 41 heavy (non-hydrogen) atoms. The lowest BCUT2D eigenvalue weighted by Crippen LogP contribution is -2.33. The minimum absolute atomic E-state index is 0.325. The normalized spacial score (nSPS) is 19.6. The van der Waals surface area contributed by atoms with E-state index in [0.29, 0.717) is 37.6 Å². The molecule has 0 aliphatic carbocycles. The molecule has 12 heteroatoms. The number of nitrogens with one attached hydrogen (secondary N) is 1. The summed E-state index contributed by atoms with van der Waals surface area (Å²) in [6, 6.07) is 18.9. The van der Waals surface area contributed by atoms with Gasteiger partial charge in [-0.15, -0.1) is 0 Å². The summed E-state index contributed by atoms with van der Waals surface area (Å²) in [6.45, 7) is -0.325. The van der Waals surface area contributed by atoms with Gasteiger partial charge in [0.25, 0.3) is 0 Å². The van der Waals surface area contributed by atoms with Gasteiger partial charge in [0.05, 0.1) is 23.7 Å². The van der Waals surface area contributed by atoms with Crippen LogP contribution < -0.4 is 19.8 Å². The summed E-state index contributed by atoms with van der Waals surface area (Å²) in [6.07, 6.45) is 0. The number of imide groups is 1. The number of carbonyl (C=O) groups is 3. The van der Waals surface area contributed by atoms with E-state index in [1.54, 1.807) is 36.4 Å². The van der Waals surface area contributed by atoms with Crippen LogP contribution in [0.25, 0.3) is 0 Å². The summed E-state index contributed by atoms with van der Waals surface area (Å²) in [4.78, 5) is 55.4. The number of hydrogen-bond acceptors (Lipinski definition) is 7. The zero-order chi connectivity index (χ0) is 28.8. The van der Waals surface area contributed by atoms with Gasteiger partial charge in [-0.05, 0) is 54.6 Å². The quantitative estimate of drug-likeness (QED) is 0.304. The van der Waals surface area contributed by atoms with Gasteiger partial charge in [0.2, 0.25) is 17.7 Å². The first-order valence-electron chi connectivity index (χ1n) is 12.5. The number of anilines is 2. The Kier molecular flexibility index (Phi) is 7.18. The molecule has 1 aromatic heterocycles. The highest BCUT2D eigenvalue weighted by molar-refractivity contribution is 8.00. The van der Waals surface area contributed by atoms with Crippen LogP contribution in [0.5, 0.6) is 5.75 Å². The van der Waals surface area contributed by atoms with E-state index in [1.165, 1.54) is 40.8 Å². The highest BCUT2D eigenvalue weighted by Gasteiger charge is 2.57. The Balaban J connectivity index is 1.43. The highest BCUT2D eigenvalue weighted by atomic mass is 35.5. The highest BCUT2D eigenvalue weighted by Crippen LogP contribution is 2.55. The maximum Gasteiger partial charge on any atom is 0.308 e. The van der Waals surface area contributed by atoms with E-state index in [1.807, 2.05) is 12.1 Å². The average Bonchev–Trinajstić information content (AvgIpc) is 3.41. The van der Waals surface area contributed by atoms with E-state index in [2.05, 4.69) is 5.32 Å². The van der Waals surface area contributed by atoms with Crippen LogP contribution in [0, 0.1) is 11.7 Å². The van der Waals surface area contributed by atoms with E-state index < -0.39 is 45.5 Å². The number of thiazole rings is 1. The van der Waals surface area contributed by atoms with Crippen molar-refractivity contribution in [2.45, 2.75) is 22.7 Å². The number of nitrogens with zero attached hydrogens (tertiary/aromatic N) is 2. The Morgan fingerprint density at radius 2 is 1.71 bits per heavy atom. The molecule has 0 bridgehead atoms. The molecule has 3 unspecified atom stereocenters. The Hall–Kier alpha value is -3.93. The molecule has 1 saturated heterocycles. The largest absolute Gasteiger partial charge is 0.496 e. The lowest BCUT2D eigenvalue weighted by atomic mass is 9.82. The minimum atomic E-state index is -0.846. The number of benzene rings is 3. The zero-order valence-electron chi connectivity index (χ0n) is 21.4. The summed E-state index contributed by atoms with van der Waals surface area (Å²) in [7, 11) is 1.52. The van der Waals surface area contributed by atoms with Crippen molar-refractivity contribution >= 4 is 63.8 Å². The number of hydrogen-bond donors (Lipinski definition) is 1. The molecule has 3 atom stereocenters. The van der Waals surface area contributed by atoms with E-state index in [0.717, 1.165) is 23.1 Å². The molecular formula is C29H21ClFN3O5S2. The molecule has 6 rings (SSSR count). The SMILES string of the molecule is COc1ccccc1C1c2sc(=O)n(CC(=O)Nc3ccc(F)cc3)c2SC2C(=O)N(c3ccc(Cl)cc3)C(=O)C21. The number of halogens is 2. The van der Waals surface area contributed by atoms with Crippen molar-refractivity contribution in [3.05, 3.63) is 104 Å². The molecule has 1 fully saturated rings. The van der Waals surface area contributed by atoms with Crippen LogP contribution in [0.4, 0.5) is 15.8 Å². The number of rotatable bonds is 6. The Morgan fingerprint density at radius 3 is 2.41 bits per heavy atom. The second-order valence-corrected chi connectivity index (χ2v) is 12.0. The van der Waals surface area contributed by atoms with E-state index in [4.69, 9.17) is 16.3 Å². The van der Waals surface area contributed by atoms with Crippen LogP contribution in [-0.4, -0.2) is 34.6 Å². The third kappa shape index (κ3) is 4.83. The first kappa shape index (κ1) is 27.3. The number of carbonyl (C=O) groups excluding carboxylic acids is 3. The second-order valence-electron chi connectivity index (χ2n) is 9.45. The molecule has 3 amide bonds. The number of thioether (sulfide) groups is 1. The van der Waals surface area contributed by atoms with Crippen molar-refractivity contribution in [3.8, 4) is 5.75 Å². The molecule has 2 aliphatic rings. The van der Waals surface area contributed by atoms with Crippen molar-refractivity contribution in [1.29, 1.82) is 0 Å². The number of fused-ring (bicyclic) bond motifs is 2. The summed E-state index contributed by atoms with van der Waals surface area (Å²) >= 11 is 8.10. The van der Waals surface area contributed by atoms with Gasteiger partial charge in [0.1, 0.15) is 23.4 Å². The number of methoxy groups -OCH3 is 1. The van der Waals surface area contributed by atoms with Gasteiger partial charge in [-0.2, -0.15) is 0 Å². The monoisotopic (exact) mass is 609 g/mol. The van der Waals surface area contributed by atoms with Crippen molar-refractivity contribution < 1.29 is 23.5 Å². The van der Waals surface area contributed by atoms with E-state index >= 15 is 0 Å². The fourth-order valence-corrected chi connectivity index (χ4v) is 8.13. The number of amides is 3. The van der Waals surface area contributed by atoms with Crippen molar-refractivity contribution in [2.75, 3.05) is 17.3 Å². The summed E-state index contributed by atoms with van der Waals surface area (Å²) in [5, 5.41) is 2.74. The molecular weight excluding hydrogens is 589 g/mol. The Morgan fingerprint density at radius 1 is 1.00 bits per heavy atom. The van der Waals surface area contributed by atoms with Crippen LogP contribution in [0.15, 0.2) is 82.6 Å². The number of aromatic nitrogens is 1. The Bertz CT molecular complexity index is 1740. The van der Waals surface area contributed by atoms with E-state index in [9.17, 15) is 23.6 Å². The maximum absolute atomic E-state index is 14.0. The van der Waals surface area contributed by atoms with Crippen molar-refractivity contribution in [1.82, 2.24) is 4.57 Å². The van der Waals surface area contributed by atoms with Gasteiger partial charge in [-0.3, -0.25) is 23.7 Å². The maximum atomic E-state index is 14.0. The Labute approximate surface area is 246 Å². The van der Waals surface area contributed by atoms with Gasteiger partial charge in [0, 0.05) is 27.1 Å². The molecule has 2 aliphatic heterocycles. The van der Waals surface area contributed by atoms with Gasteiger partial charge >= 0.3 is 4.87 Å². The first-order chi connectivity index (χ1) is 19.8. The van der Waals surface area contributed by atoms with Gasteiger partial charge in [0.15, 0.2) is 0 Å². The topological polar surface area (TPSA) is 97.7 Å². The molecule has 208 valence electrons. The third-order valence-electron chi connectivity index (χ3n) is 7.04. The molecule has 0 spiro atoms. The van der Waals surface area contributed by atoms with Crippen LogP contribution >= 0.6 is 34.7 Å². The lowest BCUT2D eigenvalue weighted by molar-refractivity contribution is -0.122. The molecule has 8 nitrogen and oxygen atoms in total. The summed E-state index contributed by atoms with van der Waals surface area (Å²) in [5.41, 5.74) is 1.44. The van der Waals surface area contributed by atoms with Crippen molar-refractivity contribution in [2.24, 2.45) is 5.92 Å². The number of ether oxygens (including phenoxy) is 1. The third-order valence-corrected chi connectivity index (χ3v) is 9.89. The van der Waals surface area contributed by atoms with Crippen molar-refractivity contribution in [3.63, 3.8) is 0 Å². The first-order valence-corrected chi connectivity index (χ1v) is 14.6. The lowest BCUT2D eigenvalue weighted by Gasteiger charge is -2.31. The molecule has 0 saturated carbocycles. The van der Waals surface area contributed by atoms with Crippen LogP contribution in [0.1, 0.15) is 16.4 Å². The van der Waals surface area contributed by atoms with Gasteiger partial charge in [-0.25, -0.2) is 9.29 Å². The molecule has 3 aromatic carbocycles. The van der Waals surface area contributed by atoms with Gasteiger partial charge < -0.3 is 10.1 Å². The van der Waals surface area contributed by atoms with Crippen LogP contribution in [0.3, 0.4) is 0 Å². The zero-order valence-corrected chi connectivity index (χ0v) is 23.8. The second kappa shape index (κ2) is 10.8.